The van der Waals surface area contributed by atoms with Gasteiger partial charge in [0.05, 0.1) is 12.0 Å². The molecule has 3 nitrogen and oxygen atoms in total. The van der Waals surface area contributed by atoms with Crippen molar-refractivity contribution >= 4 is 42.3 Å². The van der Waals surface area contributed by atoms with E-state index in [1.165, 1.54) is 13.2 Å². The first-order valence-corrected chi connectivity index (χ1v) is 6.62. The zero-order valence-electron chi connectivity index (χ0n) is 6.62. The molecule has 0 aromatic heterocycles. The van der Waals surface area contributed by atoms with E-state index in [0.717, 1.165) is 0 Å². The maximum atomic E-state index is 11.0. The zero-order valence-corrected chi connectivity index (χ0v) is 10.4. The van der Waals surface area contributed by atoms with Gasteiger partial charge in [0.1, 0.15) is 5.75 Å². The van der Waals surface area contributed by atoms with Crippen molar-refractivity contribution in [3.05, 3.63) is 21.8 Å². The summed E-state index contributed by atoms with van der Waals surface area (Å²) in [5, 5.41) is 0. The van der Waals surface area contributed by atoms with Gasteiger partial charge in [-0.15, -0.1) is 0 Å². The van der Waals surface area contributed by atoms with Gasteiger partial charge in [0.15, 0.2) is 0 Å². The van der Waals surface area contributed by atoms with E-state index in [9.17, 15) is 8.42 Å². The van der Waals surface area contributed by atoms with Crippen LogP contribution in [0, 0.1) is 3.57 Å². The largest absolute Gasteiger partial charge is 0.497 e. The summed E-state index contributed by atoms with van der Waals surface area (Å²) in [6.45, 7) is 0. The lowest BCUT2D eigenvalue weighted by molar-refractivity contribution is 0.413. The van der Waals surface area contributed by atoms with Gasteiger partial charge in [-0.2, -0.15) is 0 Å². The average Bonchev–Trinajstić information content (AvgIpc) is 2.03. The molecule has 0 saturated heterocycles. The van der Waals surface area contributed by atoms with Crippen molar-refractivity contribution in [1.29, 1.82) is 0 Å². The molecule has 13 heavy (non-hydrogen) atoms. The minimum absolute atomic E-state index is 0.0779. The monoisotopic (exact) mass is 332 g/mol. The van der Waals surface area contributed by atoms with E-state index in [4.69, 9.17) is 15.4 Å². The smallest absolute Gasteiger partial charge is 0.262 e. The second-order valence-electron chi connectivity index (χ2n) is 2.23. The predicted octanol–water partition coefficient (Wildman–Crippen LogP) is 2.23. The molecule has 1 aromatic carbocycles. The van der Waals surface area contributed by atoms with Crippen LogP contribution in [0.3, 0.4) is 0 Å². The predicted molar refractivity (Wildman–Crippen MR) is 58.7 cm³/mol. The van der Waals surface area contributed by atoms with E-state index in [0.29, 0.717) is 9.32 Å². The van der Waals surface area contributed by atoms with Gasteiger partial charge in [-0.25, -0.2) is 8.42 Å². The molecule has 0 bridgehead atoms. The van der Waals surface area contributed by atoms with E-state index in [1.54, 1.807) is 12.1 Å². The first-order valence-electron chi connectivity index (χ1n) is 3.23. The molecule has 0 aliphatic rings. The van der Waals surface area contributed by atoms with Crippen molar-refractivity contribution in [1.82, 2.24) is 0 Å². The van der Waals surface area contributed by atoms with Crippen LogP contribution in [0.5, 0.6) is 5.75 Å². The Labute approximate surface area is 94.6 Å². The Balaban J connectivity index is 3.36. The lowest BCUT2D eigenvalue weighted by atomic mass is 10.3. The quantitative estimate of drug-likeness (QED) is 0.616. The highest BCUT2D eigenvalue weighted by Gasteiger charge is 2.14. The van der Waals surface area contributed by atoms with E-state index >= 15 is 0 Å². The van der Waals surface area contributed by atoms with Crippen LogP contribution >= 0.6 is 33.3 Å². The number of ether oxygens (including phenoxy) is 1. The van der Waals surface area contributed by atoms with Crippen LogP contribution in [0.1, 0.15) is 0 Å². The minimum atomic E-state index is -3.68. The molecule has 0 aliphatic carbocycles. The fourth-order valence-electron chi connectivity index (χ4n) is 0.798. The van der Waals surface area contributed by atoms with Crippen molar-refractivity contribution in [2.45, 2.75) is 4.90 Å². The maximum absolute atomic E-state index is 11.0. The number of halogens is 2. The molecule has 1 rings (SSSR count). The van der Waals surface area contributed by atoms with Crippen LogP contribution in [-0.2, 0) is 9.05 Å². The van der Waals surface area contributed by atoms with Gasteiger partial charge in [-0.05, 0) is 34.7 Å². The summed E-state index contributed by atoms with van der Waals surface area (Å²) in [5.41, 5.74) is 0. The Morgan fingerprint density at radius 1 is 1.46 bits per heavy atom. The van der Waals surface area contributed by atoms with Crippen molar-refractivity contribution in [2.24, 2.45) is 0 Å². The standard InChI is InChI=1S/C7H6ClIO3S/c1-12-5-2-3-6(9)7(4-5)13(8,10)11/h2-4H,1H3. The highest BCUT2D eigenvalue weighted by Crippen LogP contribution is 2.25. The van der Waals surface area contributed by atoms with E-state index in [1.807, 2.05) is 22.6 Å². The summed E-state index contributed by atoms with van der Waals surface area (Å²) in [6.07, 6.45) is 0. The van der Waals surface area contributed by atoms with Crippen molar-refractivity contribution in [2.75, 3.05) is 7.11 Å². The molecule has 0 aliphatic heterocycles. The molecule has 0 fully saturated rings. The molecule has 0 saturated carbocycles. The number of methoxy groups -OCH3 is 1. The van der Waals surface area contributed by atoms with Crippen LogP contribution < -0.4 is 4.74 Å². The second kappa shape index (κ2) is 4.02. The number of benzene rings is 1. The molecule has 6 heteroatoms. The van der Waals surface area contributed by atoms with Crippen molar-refractivity contribution in [3.63, 3.8) is 0 Å². The van der Waals surface area contributed by atoms with Crippen LogP contribution in [0.25, 0.3) is 0 Å². The number of rotatable bonds is 2. The fraction of sp³-hybridized carbons (Fsp3) is 0.143. The molecule has 0 spiro atoms. The molecule has 0 amide bonds. The molecule has 0 heterocycles. The van der Waals surface area contributed by atoms with Gasteiger partial charge in [0.25, 0.3) is 9.05 Å². The third kappa shape index (κ3) is 2.72. The second-order valence-corrected chi connectivity index (χ2v) is 5.93. The number of hydrogen-bond acceptors (Lipinski definition) is 3. The highest BCUT2D eigenvalue weighted by atomic mass is 127. The topological polar surface area (TPSA) is 43.4 Å². The average molecular weight is 333 g/mol. The van der Waals surface area contributed by atoms with Crippen LogP contribution in [0.2, 0.25) is 0 Å². The first kappa shape index (κ1) is 11.1. The van der Waals surface area contributed by atoms with Crippen LogP contribution in [0.15, 0.2) is 23.1 Å². The SMILES string of the molecule is COc1ccc(I)c(S(=O)(=O)Cl)c1. The molecule has 0 unspecified atom stereocenters. The van der Waals surface area contributed by atoms with Crippen molar-refractivity contribution < 1.29 is 13.2 Å². The molecular formula is C7H6ClIO3S. The summed E-state index contributed by atoms with van der Waals surface area (Å²) in [7, 11) is 2.99. The van der Waals surface area contributed by atoms with Crippen LogP contribution in [-0.4, -0.2) is 15.5 Å². The lowest BCUT2D eigenvalue weighted by Crippen LogP contribution is -1.95. The Kier molecular flexibility index (Phi) is 3.42. The Bertz CT molecular complexity index is 416. The van der Waals surface area contributed by atoms with Gasteiger partial charge in [0.2, 0.25) is 0 Å². The molecule has 0 radical (unpaired) electrons. The third-order valence-corrected chi connectivity index (χ3v) is 4.07. The molecule has 1 aromatic rings. The molecule has 0 N–H and O–H groups in total. The number of hydrogen-bond donors (Lipinski definition) is 0. The highest BCUT2D eigenvalue weighted by molar-refractivity contribution is 14.1. The maximum Gasteiger partial charge on any atom is 0.262 e. The van der Waals surface area contributed by atoms with E-state index in [2.05, 4.69) is 0 Å². The van der Waals surface area contributed by atoms with E-state index < -0.39 is 9.05 Å². The summed E-state index contributed by atoms with van der Waals surface area (Å²) in [4.78, 5) is 0.0779. The van der Waals surface area contributed by atoms with E-state index in [-0.39, 0.29) is 4.90 Å². The van der Waals surface area contributed by atoms with Crippen molar-refractivity contribution in [3.8, 4) is 5.75 Å². The Morgan fingerprint density at radius 3 is 2.54 bits per heavy atom. The van der Waals surface area contributed by atoms with Gasteiger partial charge >= 0.3 is 0 Å². The summed E-state index contributed by atoms with van der Waals surface area (Å²) < 4.78 is 27.5. The van der Waals surface area contributed by atoms with Crippen LogP contribution in [0.4, 0.5) is 0 Å². The summed E-state index contributed by atoms with van der Waals surface area (Å²) in [5.74, 6) is 0.472. The molecule has 0 atom stereocenters. The minimum Gasteiger partial charge on any atom is -0.497 e. The van der Waals surface area contributed by atoms with Gasteiger partial charge < -0.3 is 4.74 Å². The van der Waals surface area contributed by atoms with Gasteiger partial charge in [0, 0.05) is 20.3 Å². The van der Waals surface area contributed by atoms with Gasteiger partial charge in [-0.3, -0.25) is 0 Å². The lowest BCUT2D eigenvalue weighted by Gasteiger charge is -2.03. The summed E-state index contributed by atoms with van der Waals surface area (Å²) >= 11 is 1.90. The molecular weight excluding hydrogens is 326 g/mol. The fourth-order valence-corrected chi connectivity index (χ4v) is 3.33. The first-order chi connectivity index (χ1) is 5.95. The summed E-state index contributed by atoms with van der Waals surface area (Å²) in [6, 6.07) is 4.70. The Morgan fingerprint density at radius 2 is 2.08 bits per heavy atom. The zero-order chi connectivity index (χ0) is 10.1. The van der Waals surface area contributed by atoms with Gasteiger partial charge in [-0.1, -0.05) is 0 Å². The Hall–Kier alpha value is -0.0100. The third-order valence-electron chi connectivity index (χ3n) is 1.40. The normalized spacial score (nSPS) is 11.3. The molecule has 72 valence electrons.